The molecule has 1 spiro atoms. The first-order valence-corrected chi connectivity index (χ1v) is 13.5. The van der Waals surface area contributed by atoms with Crippen molar-refractivity contribution in [1.29, 1.82) is 0 Å². The summed E-state index contributed by atoms with van der Waals surface area (Å²) in [6.07, 6.45) is 7.34. The molecule has 3 saturated carbocycles. The van der Waals surface area contributed by atoms with Crippen LogP contribution in [0.3, 0.4) is 0 Å². The molecule has 0 radical (unpaired) electrons. The number of hydrogen-bond acceptors (Lipinski definition) is 3. The number of carbonyl (C=O) groups is 2. The van der Waals surface area contributed by atoms with Gasteiger partial charge in [-0.05, 0) is 74.6 Å². The molecular weight excluding hydrogens is 340 g/mol. The molecule has 4 rings (SSSR count). The van der Waals surface area contributed by atoms with Crippen molar-refractivity contribution in [1.82, 2.24) is 0 Å². The van der Waals surface area contributed by atoms with Crippen LogP contribution in [0.15, 0.2) is 11.1 Å². The normalized spacial score (nSPS) is 37.7. The van der Waals surface area contributed by atoms with E-state index >= 15 is 0 Å². The SMILES string of the molecule is CC(C)(C)[Si](C)(C)O[C@H]1CC[C@@]23C(=O)CCCC(=C4CCC[C@H]4[C@H]12)C3=O. The van der Waals surface area contributed by atoms with Gasteiger partial charge in [0.25, 0.3) is 0 Å². The Morgan fingerprint density at radius 3 is 2.46 bits per heavy atom. The maximum absolute atomic E-state index is 13.6. The molecule has 3 fully saturated rings. The minimum Gasteiger partial charge on any atom is -0.414 e. The van der Waals surface area contributed by atoms with Gasteiger partial charge in [-0.3, -0.25) is 9.59 Å². The van der Waals surface area contributed by atoms with Crippen LogP contribution < -0.4 is 0 Å². The molecule has 0 aliphatic heterocycles. The van der Waals surface area contributed by atoms with E-state index in [2.05, 4.69) is 33.9 Å². The van der Waals surface area contributed by atoms with Crippen LogP contribution in [0.25, 0.3) is 0 Å². The molecule has 4 heteroatoms. The van der Waals surface area contributed by atoms with Gasteiger partial charge >= 0.3 is 0 Å². The summed E-state index contributed by atoms with van der Waals surface area (Å²) in [6.45, 7) is 11.4. The summed E-state index contributed by atoms with van der Waals surface area (Å²) in [5.41, 5.74) is 1.73. The third kappa shape index (κ3) is 2.40. The molecule has 144 valence electrons. The van der Waals surface area contributed by atoms with E-state index in [1.165, 1.54) is 12.0 Å². The number of Topliss-reactive ketones (excluding diaryl/α,β-unsaturated/α-hetero) is 2. The lowest BCUT2D eigenvalue weighted by Gasteiger charge is -2.46. The summed E-state index contributed by atoms with van der Waals surface area (Å²) in [5, 5.41) is 0.147. The number of rotatable bonds is 2. The highest BCUT2D eigenvalue weighted by atomic mass is 28.4. The van der Waals surface area contributed by atoms with Crippen molar-refractivity contribution >= 4 is 19.9 Å². The number of hydrogen-bond donors (Lipinski definition) is 0. The van der Waals surface area contributed by atoms with E-state index in [1.54, 1.807) is 0 Å². The second-order valence-electron chi connectivity index (χ2n) is 10.6. The second kappa shape index (κ2) is 5.87. The van der Waals surface area contributed by atoms with Crippen molar-refractivity contribution in [3.8, 4) is 0 Å². The molecule has 0 amide bonds. The van der Waals surface area contributed by atoms with Crippen molar-refractivity contribution in [2.75, 3.05) is 0 Å². The van der Waals surface area contributed by atoms with Crippen LogP contribution >= 0.6 is 0 Å². The van der Waals surface area contributed by atoms with Crippen molar-refractivity contribution < 1.29 is 14.0 Å². The third-order valence-electron chi connectivity index (χ3n) is 8.28. The van der Waals surface area contributed by atoms with Crippen molar-refractivity contribution in [3.05, 3.63) is 11.1 Å². The second-order valence-corrected chi connectivity index (χ2v) is 15.3. The molecule has 0 N–H and O–H groups in total. The van der Waals surface area contributed by atoms with Gasteiger partial charge in [-0.25, -0.2) is 0 Å². The summed E-state index contributed by atoms with van der Waals surface area (Å²) in [4.78, 5) is 26.8. The molecule has 0 aromatic rings. The Kier molecular flexibility index (Phi) is 4.21. The summed E-state index contributed by atoms with van der Waals surface area (Å²) in [5.74, 6) is 0.965. The molecule has 0 saturated heterocycles. The standard InChI is InChI=1S/C22H34O3Si/c1-21(2,3)26(4,5)25-17-12-13-22-18(23)11-7-10-16(20(22)24)14-8-6-9-15(14)19(17)22/h15,17,19H,6-13H2,1-5H3/t15-,17+,19-,22-/m1/s1. The zero-order valence-electron chi connectivity index (χ0n) is 17.1. The first-order chi connectivity index (χ1) is 12.1. The number of fused-ring (bicyclic) bond motifs is 3. The fraction of sp³-hybridized carbons (Fsp3) is 0.818. The Balaban J connectivity index is 1.78. The third-order valence-corrected chi connectivity index (χ3v) is 12.8. The van der Waals surface area contributed by atoms with Crippen LogP contribution in [0.5, 0.6) is 0 Å². The Hall–Kier alpha value is -0.743. The van der Waals surface area contributed by atoms with Crippen molar-refractivity contribution in [3.63, 3.8) is 0 Å². The Labute approximate surface area is 159 Å². The van der Waals surface area contributed by atoms with Gasteiger partial charge in [-0.1, -0.05) is 26.3 Å². The molecular formula is C22H34O3Si. The van der Waals surface area contributed by atoms with Crippen LogP contribution in [0, 0.1) is 17.3 Å². The number of ketones is 2. The Bertz CT molecular complexity index is 684. The van der Waals surface area contributed by atoms with Gasteiger partial charge in [0.15, 0.2) is 14.1 Å². The molecule has 0 unspecified atom stereocenters. The van der Waals surface area contributed by atoms with E-state index in [4.69, 9.17) is 4.43 Å². The topological polar surface area (TPSA) is 43.4 Å². The van der Waals surface area contributed by atoms with Gasteiger partial charge in [0, 0.05) is 18.4 Å². The zero-order valence-corrected chi connectivity index (χ0v) is 18.1. The Morgan fingerprint density at radius 1 is 1.04 bits per heavy atom. The molecule has 0 aromatic carbocycles. The van der Waals surface area contributed by atoms with E-state index in [1.807, 2.05) is 0 Å². The van der Waals surface area contributed by atoms with Crippen molar-refractivity contribution in [2.45, 2.75) is 96.4 Å². The molecule has 0 heterocycles. The fourth-order valence-electron chi connectivity index (χ4n) is 6.02. The van der Waals surface area contributed by atoms with Crippen LogP contribution in [-0.2, 0) is 14.0 Å². The Morgan fingerprint density at radius 2 is 1.77 bits per heavy atom. The van der Waals surface area contributed by atoms with E-state index in [0.717, 1.165) is 44.1 Å². The molecule has 4 atom stereocenters. The molecule has 3 nitrogen and oxygen atoms in total. The van der Waals surface area contributed by atoms with Gasteiger partial charge < -0.3 is 4.43 Å². The van der Waals surface area contributed by atoms with Gasteiger partial charge in [0.1, 0.15) is 5.78 Å². The van der Waals surface area contributed by atoms with Crippen LogP contribution in [0.2, 0.25) is 18.1 Å². The lowest BCUT2D eigenvalue weighted by atomic mass is 9.59. The monoisotopic (exact) mass is 374 g/mol. The van der Waals surface area contributed by atoms with Crippen LogP contribution in [0.1, 0.15) is 72.1 Å². The van der Waals surface area contributed by atoms with Crippen molar-refractivity contribution in [2.24, 2.45) is 17.3 Å². The lowest BCUT2D eigenvalue weighted by Crippen LogP contribution is -2.53. The summed E-state index contributed by atoms with van der Waals surface area (Å²) in [7, 11) is -1.93. The summed E-state index contributed by atoms with van der Waals surface area (Å²) < 4.78 is 6.88. The maximum Gasteiger partial charge on any atom is 0.192 e. The quantitative estimate of drug-likeness (QED) is 0.492. The molecule has 0 aromatic heterocycles. The lowest BCUT2D eigenvalue weighted by molar-refractivity contribution is -0.144. The largest absolute Gasteiger partial charge is 0.414 e. The molecule has 4 aliphatic carbocycles. The average molecular weight is 375 g/mol. The fourth-order valence-corrected chi connectivity index (χ4v) is 7.40. The van der Waals surface area contributed by atoms with E-state index in [0.29, 0.717) is 12.3 Å². The first-order valence-electron chi connectivity index (χ1n) is 10.6. The summed E-state index contributed by atoms with van der Waals surface area (Å²) in [6, 6.07) is 0. The number of carbonyl (C=O) groups excluding carboxylic acids is 2. The van der Waals surface area contributed by atoms with Gasteiger partial charge in [0.2, 0.25) is 0 Å². The smallest absolute Gasteiger partial charge is 0.192 e. The van der Waals surface area contributed by atoms with Crippen LogP contribution in [0.4, 0.5) is 0 Å². The van der Waals surface area contributed by atoms with Gasteiger partial charge in [0.05, 0.1) is 5.41 Å². The highest BCUT2D eigenvalue weighted by molar-refractivity contribution is 6.74. The van der Waals surface area contributed by atoms with E-state index in [-0.39, 0.29) is 28.6 Å². The van der Waals surface area contributed by atoms with E-state index in [9.17, 15) is 9.59 Å². The number of allylic oxidation sites excluding steroid dienone is 2. The summed E-state index contributed by atoms with van der Waals surface area (Å²) >= 11 is 0. The van der Waals surface area contributed by atoms with Gasteiger partial charge in [-0.2, -0.15) is 0 Å². The highest BCUT2D eigenvalue weighted by Crippen LogP contribution is 2.62. The zero-order chi connectivity index (χ0) is 18.9. The average Bonchev–Trinajstić information content (AvgIpc) is 3.11. The predicted molar refractivity (Wildman–Crippen MR) is 105 cm³/mol. The minimum atomic E-state index is -1.93. The van der Waals surface area contributed by atoms with Crippen LogP contribution in [-0.4, -0.2) is 26.0 Å². The first kappa shape index (κ1) is 18.6. The predicted octanol–water partition coefficient (Wildman–Crippen LogP) is 5.21. The van der Waals surface area contributed by atoms with Gasteiger partial charge in [-0.15, -0.1) is 0 Å². The molecule has 2 bridgehead atoms. The molecule has 26 heavy (non-hydrogen) atoms. The minimum absolute atomic E-state index is 0.0848. The van der Waals surface area contributed by atoms with E-state index < -0.39 is 13.7 Å². The maximum atomic E-state index is 13.6. The highest BCUT2D eigenvalue weighted by Gasteiger charge is 2.65. The molecule has 4 aliphatic rings.